The van der Waals surface area contributed by atoms with Crippen molar-refractivity contribution >= 4 is 23.4 Å². The SMILES string of the molecule is Cc1ccc(CC(=O)C[C@H](CCC(=O)[O-])c2noc(-c3cc(C4CC(CC(C)(C)C)C4)on3)c2C2CC2)c(Cl)c1.[Na+]. The van der Waals surface area contributed by atoms with Crippen LogP contribution in [-0.4, -0.2) is 22.1 Å². The van der Waals surface area contributed by atoms with E-state index in [0.717, 1.165) is 48.1 Å². The Morgan fingerprint density at radius 2 is 1.83 bits per heavy atom. The van der Waals surface area contributed by atoms with Crippen molar-refractivity contribution in [3.05, 3.63) is 57.4 Å². The molecule has 0 unspecified atom stereocenters. The van der Waals surface area contributed by atoms with Crippen molar-refractivity contribution in [2.75, 3.05) is 0 Å². The first-order valence-corrected chi connectivity index (χ1v) is 14.8. The van der Waals surface area contributed by atoms with Gasteiger partial charge in [0.1, 0.15) is 11.5 Å². The molecular weight excluding hydrogens is 551 g/mol. The van der Waals surface area contributed by atoms with Gasteiger partial charge in [0.15, 0.2) is 11.5 Å². The van der Waals surface area contributed by atoms with Crippen molar-refractivity contribution in [2.24, 2.45) is 11.3 Å². The maximum atomic E-state index is 13.2. The molecule has 2 fully saturated rings. The van der Waals surface area contributed by atoms with Crippen LogP contribution in [0.25, 0.3) is 11.5 Å². The smallest absolute Gasteiger partial charge is 0.550 e. The topological polar surface area (TPSA) is 109 Å². The van der Waals surface area contributed by atoms with Gasteiger partial charge in [0.2, 0.25) is 0 Å². The summed E-state index contributed by atoms with van der Waals surface area (Å²) >= 11 is 6.37. The van der Waals surface area contributed by atoms with E-state index in [1.807, 2.05) is 31.2 Å². The first kappa shape index (κ1) is 32.0. The molecule has 0 amide bonds. The van der Waals surface area contributed by atoms with E-state index in [4.69, 9.17) is 20.6 Å². The largest absolute Gasteiger partial charge is 1.00 e. The molecule has 0 saturated heterocycles. The van der Waals surface area contributed by atoms with E-state index in [9.17, 15) is 14.7 Å². The second-order valence-electron chi connectivity index (χ2n) is 13.1. The third-order valence-corrected chi connectivity index (χ3v) is 8.55. The third kappa shape index (κ3) is 8.13. The molecule has 9 heteroatoms. The van der Waals surface area contributed by atoms with Crippen LogP contribution < -0.4 is 34.7 Å². The van der Waals surface area contributed by atoms with Crippen molar-refractivity contribution < 1.29 is 53.3 Å². The predicted octanol–water partition coefficient (Wildman–Crippen LogP) is 3.92. The molecule has 2 aromatic heterocycles. The number of aryl methyl sites for hydroxylation is 1. The molecule has 0 bridgehead atoms. The van der Waals surface area contributed by atoms with Crippen molar-refractivity contribution in [3.8, 4) is 11.5 Å². The van der Waals surface area contributed by atoms with E-state index in [1.165, 1.54) is 6.42 Å². The number of carbonyl (C=O) groups excluding carboxylic acids is 2. The molecule has 41 heavy (non-hydrogen) atoms. The number of aliphatic carboxylic acids is 1. The van der Waals surface area contributed by atoms with Crippen LogP contribution in [-0.2, 0) is 16.0 Å². The molecular formula is C32H38ClN2NaO5. The van der Waals surface area contributed by atoms with Crippen LogP contribution in [0.1, 0.15) is 118 Å². The number of halogens is 1. The Balaban J connectivity index is 0.00000387. The number of nitrogens with zero attached hydrogens (tertiary/aromatic N) is 2. The van der Waals surface area contributed by atoms with E-state index >= 15 is 0 Å². The van der Waals surface area contributed by atoms with Gasteiger partial charge in [0, 0.05) is 47.3 Å². The molecule has 214 valence electrons. The summed E-state index contributed by atoms with van der Waals surface area (Å²) in [7, 11) is 0. The molecule has 2 heterocycles. The minimum Gasteiger partial charge on any atom is -0.550 e. The summed E-state index contributed by atoms with van der Waals surface area (Å²) in [4.78, 5) is 24.5. The van der Waals surface area contributed by atoms with Gasteiger partial charge in [-0.2, -0.15) is 0 Å². The van der Waals surface area contributed by atoms with Gasteiger partial charge in [-0.3, -0.25) is 4.79 Å². The fraction of sp³-hybridized carbons (Fsp3) is 0.562. The van der Waals surface area contributed by atoms with Crippen molar-refractivity contribution in [1.29, 1.82) is 0 Å². The molecule has 2 aliphatic carbocycles. The first-order chi connectivity index (χ1) is 19.0. The zero-order valence-corrected chi connectivity index (χ0v) is 27.6. The number of carboxylic acid groups (broad SMARTS) is 1. The Labute approximate surface area is 269 Å². The van der Waals surface area contributed by atoms with Gasteiger partial charge in [0.05, 0.1) is 5.69 Å². The quantitative estimate of drug-likeness (QED) is 0.295. The molecule has 1 aromatic carbocycles. The Hall–Kier alpha value is -1.93. The van der Waals surface area contributed by atoms with Crippen molar-refractivity contribution in [1.82, 2.24) is 10.3 Å². The zero-order chi connectivity index (χ0) is 28.6. The number of aromatic nitrogens is 2. The summed E-state index contributed by atoms with van der Waals surface area (Å²) in [6.07, 6.45) is 5.77. The number of hydrogen-bond donors (Lipinski definition) is 0. The number of carboxylic acids is 1. The summed E-state index contributed by atoms with van der Waals surface area (Å²) in [5, 5.41) is 20.7. The van der Waals surface area contributed by atoms with Crippen LogP contribution >= 0.6 is 11.6 Å². The summed E-state index contributed by atoms with van der Waals surface area (Å²) in [5.74, 6) is 1.18. The van der Waals surface area contributed by atoms with E-state index < -0.39 is 11.9 Å². The summed E-state index contributed by atoms with van der Waals surface area (Å²) in [5.41, 5.74) is 4.30. The normalized spacial score (nSPS) is 19.3. The standard InChI is InChI=1S/C32H39ClN2O5.Na/c1-18-5-6-21(25(33)11-18)14-24(36)15-22(9-10-28(37)38)30-29(20-7-8-20)31(40-35-30)26-16-27(39-34-26)23-12-19(13-23)17-32(2,3)4;/h5-6,11,16,19-20,22-23H,7-10,12-15,17H2,1-4H3,(H,37,38);/q;+1/p-1/t19?,22-,23?;/m0./s1. The Morgan fingerprint density at radius 3 is 2.46 bits per heavy atom. The van der Waals surface area contributed by atoms with Crippen LogP contribution in [0.4, 0.5) is 0 Å². The number of hydrogen-bond acceptors (Lipinski definition) is 7. The summed E-state index contributed by atoms with van der Waals surface area (Å²) < 4.78 is 11.6. The molecule has 3 aromatic rings. The maximum Gasteiger partial charge on any atom is 1.00 e. The molecule has 1 atom stereocenters. The second-order valence-corrected chi connectivity index (χ2v) is 13.5. The monoisotopic (exact) mass is 588 g/mol. The summed E-state index contributed by atoms with van der Waals surface area (Å²) in [6.45, 7) is 8.78. The molecule has 0 aliphatic heterocycles. The second kappa shape index (κ2) is 13.2. The molecule has 2 aliphatic rings. The van der Waals surface area contributed by atoms with Gasteiger partial charge in [-0.15, -0.1) is 0 Å². The number of carbonyl (C=O) groups is 2. The van der Waals surface area contributed by atoms with Gasteiger partial charge in [-0.1, -0.05) is 54.8 Å². The van der Waals surface area contributed by atoms with Gasteiger partial charge < -0.3 is 18.9 Å². The number of Topliss-reactive ketones (excluding diaryl/α,β-unsaturated/α-hetero) is 1. The Bertz CT molecular complexity index is 1380. The van der Waals surface area contributed by atoms with E-state index in [2.05, 4.69) is 31.1 Å². The average Bonchev–Trinajstić information content (AvgIpc) is 3.40. The number of benzene rings is 1. The fourth-order valence-electron chi connectivity index (χ4n) is 6.13. The van der Waals surface area contributed by atoms with Crippen molar-refractivity contribution in [2.45, 2.75) is 103 Å². The van der Waals surface area contributed by atoms with Crippen LogP contribution in [0.15, 0.2) is 33.3 Å². The van der Waals surface area contributed by atoms with E-state index in [1.54, 1.807) is 0 Å². The third-order valence-electron chi connectivity index (χ3n) is 8.20. The van der Waals surface area contributed by atoms with Crippen LogP contribution in [0, 0.1) is 18.3 Å². The van der Waals surface area contributed by atoms with Crippen LogP contribution in [0.2, 0.25) is 5.02 Å². The van der Waals surface area contributed by atoms with Gasteiger partial charge in [-0.25, -0.2) is 0 Å². The number of rotatable bonds is 12. The van der Waals surface area contributed by atoms with E-state index in [0.29, 0.717) is 39.4 Å². The average molecular weight is 589 g/mol. The van der Waals surface area contributed by atoms with Gasteiger partial charge >= 0.3 is 29.6 Å². The van der Waals surface area contributed by atoms with Crippen molar-refractivity contribution in [3.63, 3.8) is 0 Å². The summed E-state index contributed by atoms with van der Waals surface area (Å²) in [6, 6.07) is 7.60. The molecule has 0 spiro atoms. The minimum atomic E-state index is -1.15. The van der Waals surface area contributed by atoms with Gasteiger partial charge in [-0.05, 0) is 86.3 Å². The fourth-order valence-corrected chi connectivity index (χ4v) is 6.43. The minimum absolute atomic E-state index is 0. The molecule has 5 rings (SSSR count). The zero-order valence-electron chi connectivity index (χ0n) is 24.8. The Morgan fingerprint density at radius 1 is 1.10 bits per heavy atom. The van der Waals surface area contributed by atoms with Crippen LogP contribution in [0.5, 0.6) is 0 Å². The van der Waals surface area contributed by atoms with Gasteiger partial charge in [0.25, 0.3) is 0 Å². The van der Waals surface area contributed by atoms with E-state index in [-0.39, 0.29) is 66.9 Å². The molecule has 2 saturated carbocycles. The van der Waals surface area contributed by atoms with Crippen LogP contribution in [0.3, 0.4) is 0 Å². The maximum absolute atomic E-state index is 13.2. The molecule has 7 nitrogen and oxygen atoms in total. The molecule has 0 N–H and O–H groups in total. The Kier molecular flexibility index (Phi) is 10.3. The number of ketones is 1. The predicted molar refractivity (Wildman–Crippen MR) is 150 cm³/mol. The first-order valence-electron chi connectivity index (χ1n) is 14.4. The molecule has 0 radical (unpaired) electrons.